The second-order valence-electron chi connectivity index (χ2n) is 5.51. The van der Waals surface area contributed by atoms with Gasteiger partial charge in [0.25, 0.3) is 5.56 Å². The Morgan fingerprint density at radius 3 is 2.76 bits per heavy atom. The lowest BCUT2D eigenvalue weighted by molar-refractivity contribution is -0.141. The molecule has 7 heteroatoms. The molecule has 6 nitrogen and oxygen atoms in total. The highest BCUT2D eigenvalue weighted by atomic mass is 35.5. The van der Waals surface area contributed by atoms with Gasteiger partial charge in [0.1, 0.15) is 11.6 Å². The summed E-state index contributed by atoms with van der Waals surface area (Å²) in [6.07, 6.45) is 5.94. The van der Waals surface area contributed by atoms with Crippen molar-refractivity contribution in [2.24, 2.45) is 5.92 Å². The van der Waals surface area contributed by atoms with E-state index in [0.717, 1.165) is 23.4 Å². The Kier molecular flexibility index (Phi) is 5.22. The predicted octanol–water partition coefficient (Wildman–Crippen LogP) is 2.06. The normalized spacial score (nSPS) is 21.9. The molecule has 0 aromatic carbocycles. The molecule has 1 aliphatic carbocycles. The van der Waals surface area contributed by atoms with Crippen LogP contribution in [0.1, 0.15) is 32.6 Å². The summed E-state index contributed by atoms with van der Waals surface area (Å²) in [5, 5.41) is 7.31. The molecule has 0 amide bonds. The van der Waals surface area contributed by atoms with Gasteiger partial charge in [-0.2, -0.15) is 5.10 Å². The number of nitrogens with zero attached hydrogens (tertiary/aromatic N) is 2. The van der Waals surface area contributed by atoms with Crippen LogP contribution in [0.4, 0.5) is 5.69 Å². The monoisotopic (exact) mass is 313 g/mol. The van der Waals surface area contributed by atoms with Crippen LogP contribution >= 0.6 is 11.6 Å². The molecular formula is C14H20ClN3O3. The number of carbonyl (C=O) groups excluding carboxylic acids is 1. The number of methoxy groups -OCH3 is 1. The molecule has 1 fully saturated rings. The molecule has 0 aliphatic heterocycles. The zero-order valence-corrected chi connectivity index (χ0v) is 13.0. The van der Waals surface area contributed by atoms with E-state index in [2.05, 4.69) is 22.1 Å². The molecule has 1 heterocycles. The molecule has 0 atom stereocenters. The lowest BCUT2D eigenvalue weighted by atomic mass is 9.87. The van der Waals surface area contributed by atoms with E-state index in [1.54, 1.807) is 0 Å². The van der Waals surface area contributed by atoms with E-state index >= 15 is 0 Å². The first-order valence-corrected chi connectivity index (χ1v) is 7.48. The summed E-state index contributed by atoms with van der Waals surface area (Å²) in [5.41, 5.74) is 0.0404. The van der Waals surface area contributed by atoms with Gasteiger partial charge in [0.15, 0.2) is 0 Å². The Morgan fingerprint density at radius 1 is 1.48 bits per heavy atom. The quantitative estimate of drug-likeness (QED) is 0.861. The summed E-state index contributed by atoms with van der Waals surface area (Å²) in [4.78, 5) is 23.3. The molecule has 0 unspecified atom stereocenters. The van der Waals surface area contributed by atoms with Crippen LogP contribution in [0.5, 0.6) is 0 Å². The lowest BCUT2D eigenvalue weighted by Crippen LogP contribution is -2.30. The molecule has 1 aliphatic rings. The van der Waals surface area contributed by atoms with Gasteiger partial charge >= 0.3 is 5.97 Å². The third kappa shape index (κ3) is 3.97. The number of anilines is 1. The van der Waals surface area contributed by atoms with Gasteiger partial charge in [-0.05, 0) is 31.6 Å². The fourth-order valence-corrected chi connectivity index (χ4v) is 2.69. The van der Waals surface area contributed by atoms with Gasteiger partial charge in [0.05, 0.1) is 19.0 Å². The summed E-state index contributed by atoms with van der Waals surface area (Å²) in [7, 11) is 1.26. The van der Waals surface area contributed by atoms with Gasteiger partial charge in [0.2, 0.25) is 0 Å². The smallest absolute Gasteiger partial charge is 0.327 e. The van der Waals surface area contributed by atoms with Crippen molar-refractivity contribution in [2.75, 3.05) is 12.4 Å². The maximum atomic E-state index is 12.1. The van der Waals surface area contributed by atoms with Crippen molar-refractivity contribution in [1.82, 2.24) is 9.78 Å². The summed E-state index contributed by atoms with van der Waals surface area (Å²) >= 11 is 6.08. The van der Waals surface area contributed by atoms with Crippen LogP contribution in [0.15, 0.2) is 11.0 Å². The Hall–Kier alpha value is -1.56. The van der Waals surface area contributed by atoms with Crippen LogP contribution in [-0.2, 0) is 16.1 Å². The summed E-state index contributed by atoms with van der Waals surface area (Å²) in [6, 6.07) is 0.316. The maximum Gasteiger partial charge on any atom is 0.327 e. The Balaban J connectivity index is 2.09. The maximum absolute atomic E-state index is 12.1. The number of halogens is 1. The molecule has 1 aromatic heterocycles. The van der Waals surface area contributed by atoms with E-state index in [0.29, 0.717) is 11.7 Å². The number of rotatable bonds is 4. The van der Waals surface area contributed by atoms with E-state index in [1.165, 1.54) is 26.1 Å². The molecule has 1 N–H and O–H groups in total. The summed E-state index contributed by atoms with van der Waals surface area (Å²) in [5.74, 6) is 0.215. The zero-order valence-electron chi connectivity index (χ0n) is 12.3. The topological polar surface area (TPSA) is 73.2 Å². The Bertz CT molecular complexity index is 565. The minimum atomic E-state index is -0.539. The third-order valence-electron chi connectivity index (χ3n) is 3.87. The van der Waals surface area contributed by atoms with Crippen LogP contribution in [0.3, 0.4) is 0 Å². The molecule has 0 bridgehead atoms. The average molecular weight is 314 g/mol. The van der Waals surface area contributed by atoms with Crippen molar-refractivity contribution in [1.29, 1.82) is 0 Å². The van der Waals surface area contributed by atoms with Crippen molar-refractivity contribution in [3.05, 3.63) is 21.6 Å². The van der Waals surface area contributed by atoms with Crippen molar-refractivity contribution in [3.8, 4) is 0 Å². The molecule has 116 valence electrons. The SMILES string of the molecule is COC(=O)Cn1ncc(NC2CCC(C)CC2)c(Cl)c1=O. The standard InChI is InChI=1S/C14H20ClN3O3/c1-9-3-5-10(6-4-9)17-11-7-16-18(8-12(19)21-2)14(20)13(11)15/h7,9-10,17H,3-6,8H2,1-2H3. The van der Waals surface area contributed by atoms with Crippen LogP contribution < -0.4 is 10.9 Å². The summed E-state index contributed by atoms with van der Waals surface area (Å²) in [6.45, 7) is 2.01. The first-order valence-electron chi connectivity index (χ1n) is 7.10. The van der Waals surface area contributed by atoms with Gasteiger partial charge in [-0.15, -0.1) is 0 Å². The largest absolute Gasteiger partial charge is 0.468 e. The first-order chi connectivity index (χ1) is 10.0. The van der Waals surface area contributed by atoms with Crippen LogP contribution in [-0.4, -0.2) is 28.9 Å². The molecule has 21 heavy (non-hydrogen) atoms. The number of aromatic nitrogens is 2. The number of hydrogen-bond acceptors (Lipinski definition) is 5. The number of nitrogens with one attached hydrogen (secondary N) is 1. The Labute approximate surface area is 128 Å². The predicted molar refractivity (Wildman–Crippen MR) is 80.6 cm³/mol. The second-order valence-corrected chi connectivity index (χ2v) is 5.89. The lowest BCUT2D eigenvalue weighted by Gasteiger charge is -2.27. The molecule has 0 saturated heterocycles. The first kappa shape index (κ1) is 15.8. The van der Waals surface area contributed by atoms with E-state index in [9.17, 15) is 9.59 Å². The van der Waals surface area contributed by atoms with E-state index in [1.807, 2.05) is 0 Å². The van der Waals surface area contributed by atoms with Crippen molar-refractivity contribution < 1.29 is 9.53 Å². The van der Waals surface area contributed by atoms with Gasteiger partial charge in [-0.1, -0.05) is 18.5 Å². The van der Waals surface area contributed by atoms with E-state index in [4.69, 9.17) is 11.6 Å². The van der Waals surface area contributed by atoms with Crippen molar-refractivity contribution >= 4 is 23.3 Å². The van der Waals surface area contributed by atoms with Crippen molar-refractivity contribution in [3.63, 3.8) is 0 Å². The van der Waals surface area contributed by atoms with Crippen LogP contribution in [0, 0.1) is 5.92 Å². The molecule has 0 radical (unpaired) electrons. The van der Waals surface area contributed by atoms with Gasteiger partial charge in [-0.3, -0.25) is 9.59 Å². The van der Waals surface area contributed by atoms with E-state index in [-0.39, 0.29) is 11.6 Å². The Morgan fingerprint density at radius 2 is 2.14 bits per heavy atom. The summed E-state index contributed by atoms with van der Waals surface area (Å²) < 4.78 is 5.52. The fraction of sp³-hybridized carbons (Fsp3) is 0.643. The van der Waals surface area contributed by atoms with Gasteiger partial charge in [-0.25, -0.2) is 4.68 Å². The fourth-order valence-electron chi connectivity index (χ4n) is 2.49. The third-order valence-corrected chi connectivity index (χ3v) is 4.23. The highest BCUT2D eigenvalue weighted by molar-refractivity contribution is 6.32. The van der Waals surface area contributed by atoms with Gasteiger partial charge < -0.3 is 10.1 Å². The van der Waals surface area contributed by atoms with Crippen LogP contribution in [0.2, 0.25) is 5.02 Å². The number of esters is 1. The minimum absolute atomic E-state index is 0.0625. The minimum Gasteiger partial charge on any atom is -0.468 e. The molecular weight excluding hydrogens is 294 g/mol. The molecule has 1 saturated carbocycles. The highest BCUT2D eigenvalue weighted by Gasteiger charge is 2.20. The molecule has 2 rings (SSSR count). The number of carbonyl (C=O) groups is 1. The van der Waals surface area contributed by atoms with Crippen LogP contribution in [0.25, 0.3) is 0 Å². The van der Waals surface area contributed by atoms with E-state index < -0.39 is 11.5 Å². The number of hydrogen-bond donors (Lipinski definition) is 1. The van der Waals surface area contributed by atoms with Gasteiger partial charge in [0, 0.05) is 6.04 Å². The molecule has 1 aromatic rings. The molecule has 0 spiro atoms. The zero-order chi connectivity index (χ0) is 15.4. The highest BCUT2D eigenvalue weighted by Crippen LogP contribution is 2.27. The number of ether oxygens (including phenoxy) is 1. The van der Waals surface area contributed by atoms with Crippen molar-refractivity contribution in [2.45, 2.75) is 45.2 Å². The average Bonchev–Trinajstić information content (AvgIpc) is 2.49. The second kappa shape index (κ2) is 6.93.